The van der Waals surface area contributed by atoms with E-state index in [1.807, 2.05) is 12.1 Å². The largest absolute Gasteiger partial charge is 0.486 e. The first kappa shape index (κ1) is 23.0. The Morgan fingerprint density at radius 3 is 2.64 bits per heavy atom. The maximum atomic E-state index is 13.4. The minimum atomic E-state index is -0.0242. The summed E-state index contributed by atoms with van der Waals surface area (Å²) < 4.78 is 11.5. The van der Waals surface area contributed by atoms with Gasteiger partial charge in [0.15, 0.2) is 11.5 Å². The Morgan fingerprint density at radius 2 is 1.78 bits per heavy atom. The third-order valence-corrected chi connectivity index (χ3v) is 7.49. The molecular weight excluding hydrogens is 454 g/mol. The van der Waals surface area contributed by atoms with E-state index in [0.717, 1.165) is 79.3 Å². The first-order chi connectivity index (χ1) is 17.7. The molecule has 0 radical (unpaired) electrons. The zero-order valence-corrected chi connectivity index (χ0v) is 20.6. The average Bonchev–Trinajstić information content (AvgIpc) is 3.61. The molecule has 1 aromatic heterocycles. The molecule has 0 spiro atoms. The fraction of sp³-hybridized carbons (Fsp3) is 0.464. The minimum absolute atomic E-state index is 0.0242. The summed E-state index contributed by atoms with van der Waals surface area (Å²) in [5.74, 6) is 1.73. The van der Waals surface area contributed by atoms with Gasteiger partial charge in [-0.1, -0.05) is 6.07 Å². The number of carbonyl (C=O) groups is 1. The Morgan fingerprint density at radius 1 is 0.972 bits per heavy atom. The van der Waals surface area contributed by atoms with E-state index < -0.39 is 0 Å². The van der Waals surface area contributed by atoms with Gasteiger partial charge in [-0.25, -0.2) is 0 Å². The summed E-state index contributed by atoms with van der Waals surface area (Å²) in [6, 6.07) is 12.4. The maximum absolute atomic E-state index is 13.4. The molecule has 2 unspecified atom stereocenters. The van der Waals surface area contributed by atoms with E-state index >= 15 is 0 Å². The van der Waals surface area contributed by atoms with Crippen LogP contribution >= 0.6 is 0 Å². The van der Waals surface area contributed by atoms with Crippen molar-refractivity contribution >= 4 is 22.6 Å². The van der Waals surface area contributed by atoms with Gasteiger partial charge in [0, 0.05) is 43.8 Å². The molecule has 2 fully saturated rings. The summed E-state index contributed by atoms with van der Waals surface area (Å²) in [5, 5.41) is 3.41. The molecule has 4 heterocycles. The molecule has 2 saturated heterocycles. The highest BCUT2D eigenvalue weighted by molar-refractivity contribution is 5.82. The van der Waals surface area contributed by atoms with Crippen molar-refractivity contribution in [2.75, 3.05) is 50.8 Å². The second-order valence-electron chi connectivity index (χ2n) is 10.1. The molecule has 2 aromatic carbocycles. The molecule has 1 amide bonds. The van der Waals surface area contributed by atoms with Gasteiger partial charge in [0.1, 0.15) is 13.2 Å². The third-order valence-electron chi connectivity index (χ3n) is 7.49. The van der Waals surface area contributed by atoms with E-state index in [1.165, 1.54) is 12.8 Å². The number of hydrogen-bond donors (Lipinski definition) is 1. The lowest BCUT2D eigenvalue weighted by molar-refractivity contribution is -0.125. The van der Waals surface area contributed by atoms with Crippen molar-refractivity contribution in [1.29, 1.82) is 0 Å². The molecule has 8 heteroatoms. The predicted octanol–water partition coefficient (Wildman–Crippen LogP) is 3.05. The average molecular weight is 488 g/mol. The summed E-state index contributed by atoms with van der Waals surface area (Å²) in [6.45, 7) is 5.84. The normalized spacial score (nSPS) is 20.6. The van der Waals surface area contributed by atoms with Gasteiger partial charge in [-0.05, 0) is 74.7 Å². The highest BCUT2D eigenvalue weighted by atomic mass is 16.6. The van der Waals surface area contributed by atoms with Crippen LogP contribution in [0, 0.1) is 5.92 Å². The van der Waals surface area contributed by atoms with Crippen molar-refractivity contribution in [3.63, 3.8) is 0 Å². The predicted molar refractivity (Wildman–Crippen MR) is 139 cm³/mol. The molecule has 0 bridgehead atoms. The smallest absolute Gasteiger partial charge is 0.225 e. The quantitative estimate of drug-likeness (QED) is 0.549. The van der Waals surface area contributed by atoms with E-state index in [9.17, 15) is 4.79 Å². The van der Waals surface area contributed by atoms with Crippen molar-refractivity contribution in [2.45, 2.75) is 31.7 Å². The van der Waals surface area contributed by atoms with E-state index in [2.05, 4.69) is 49.4 Å². The van der Waals surface area contributed by atoms with Crippen LogP contribution in [-0.4, -0.2) is 72.8 Å². The van der Waals surface area contributed by atoms with Gasteiger partial charge in [-0.15, -0.1) is 0 Å². The minimum Gasteiger partial charge on any atom is -0.486 e. The first-order valence-corrected chi connectivity index (χ1v) is 13.1. The van der Waals surface area contributed by atoms with Crippen LogP contribution in [0.2, 0.25) is 0 Å². The number of carbonyl (C=O) groups excluding carboxylic acids is 1. The summed E-state index contributed by atoms with van der Waals surface area (Å²) in [6.07, 6.45) is 7.52. The number of ether oxygens (including phenoxy) is 2. The van der Waals surface area contributed by atoms with Crippen LogP contribution in [0.3, 0.4) is 0 Å². The number of benzene rings is 2. The lowest BCUT2D eigenvalue weighted by atomic mass is 10.0. The molecule has 3 aliphatic rings. The Labute approximate surface area is 211 Å². The van der Waals surface area contributed by atoms with E-state index in [1.54, 1.807) is 12.4 Å². The highest BCUT2D eigenvalue weighted by Crippen LogP contribution is 2.31. The Bertz CT molecular complexity index is 1230. The van der Waals surface area contributed by atoms with Crippen LogP contribution < -0.4 is 19.7 Å². The molecule has 8 nitrogen and oxygen atoms in total. The molecule has 1 N–H and O–H groups in total. The summed E-state index contributed by atoms with van der Waals surface area (Å²) in [7, 11) is 0. The lowest BCUT2D eigenvalue weighted by Gasteiger charge is -2.27. The van der Waals surface area contributed by atoms with Gasteiger partial charge < -0.3 is 24.6 Å². The number of nitrogens with zero attached hydrogens (tertiary/aromatic N) is 4. The van der Waals surface area contributed by atoms with Crippen molar-refractivity contribution < 1.29 is 14.3 Å². The Balaban J connectivity index is 1.12. The van der Waals surface area contributed by atoms with Crippen molar-refractivity contribution in [1.82, 2.24) is 20.2 Å². The highest BCUT2D eigenvalue weighted by Gasteiger charge is 2.31. The van der Waals surface area contributed by atoms with Crippen molar-refractivity contribution in [2.24, 2.45) is 5.92 Å². The second-order valence-corrected chi connectivity index (χ2v) is 10.1. The van der Waals surface area contributed by atoms with E-state index in [0.29, 0.717) is 13.2 Å². The van der Waals surface area contributed by atoms with Gasteiger partial charge in [0.05, 0.1) is 17.0 Å². The number of aromatic nitrogens is 2. The van der Waals surface area contributed by atoms with Crippen LogP contribution in [0.25, 0.3) is 11.0 Å². The number of fused-ring (bicyclic) bond motifs is 2. The van der Waals surface area contributed by atoms with Crippen LogP contribution in [-0.2, 0) is 11.2 Å². The van der Waals surface area contributed by atoms with Gasteiger partial charge in [-0.2, -0.15) is 0 Å². The Kier molecular flexibility index (Phi) is 6.59. The first-order valence-electron chi connectivity index (χ1n) is 13.1. The van der Waals surface area contributed by atoms with Gasteiger partial charge in [0.2, 0.25) is 5.91 Å². The Hall–Kier alpha value is -3.39. The zero-order valence-electron chi connectivity index (χ0n) is 20.6. The molecule has 6 rings (SSSR count). The van der Waals surface area contributed by atoms with Crippen LogP contribution in [0.1, 0.15) is 24.8 Å². The molecule has 0 aliphatic carbocycles. The molecular formula is C28H33N5O3. The SMILES string of the molecule is O=C(NC(Cc1ccc2c(c1)OCCO2)CN1CCCC1)C1CCN(c2ccc3nccnc3c2)C1. The van der Waals surface area contributed by atoms with Crippen molar-refractivity contribution in [3.8, 4) is 11.5 Å². The number of anilines is 1. The molecule has 36 heavy (non-hydrogen) atoms. The van der Waals surface area contributed by atoms with Gasteiger partial charge >= 0.3 is 0 Å². The summed E-state index contributed by atoms with van der Waals surface area (Å²) >= 11 is 0. The summed E-state index contributed by atoms with van der Waals surface area (Å²) in [5.41, 5.74) is 4.03. The zero-order chi connectivity index (χ0) is 24.3. The fourth-order valence-corrected chi connectivity index (χ4v) is 5.61. The maximum Gasteiger partial charge on any atom is 0.225 e. The van der Waals surface area contributed by atoms with Crippen LogP contribution in [0.4, 0.5) is 5.69 Å². The standard InChI is InChI=1S/C28H33N5O3/c34-28(21-7-12-33(18-21)23-4-5-24-25(17-23)30-9-8-29-24)31-22(19-32-10-1-2-11-32)15-20-3-6-26-27(16-20)36-14-13-35-26/h3-6,8-9,16-17,21-22H,1-2,7,10-15,18-19H2,(H,31,34). The molecule has 2 atom stereocenters. The fourth-order valence-electron chi connectivity index (χ4n) is 5.61. The number of rotatable bonds is 7. The molecule has 0 saturated carbocycles. The van der Waals surface area contributed by atoms with Gasteiger partial charge in [0.25, 0.3) is 0 Å². The summed E-state index contributed by atoms with van der Waals surface area (Å²) in [4.78, 5) is 27.0. The van der Waals surface area contributed by atoms with Gasteiger partial charge in [-0.3, -0.25) is 14.8 Å². The number of amides is 1. The van der Waals surface area contributed by atoms with Crippen LogP contribution in [0.5, 0.6) is 11.5 Å². The third kappa shape index (κ3) is 5.09. The molecule has 3 aromatic rings. The monoisotopic (exact) mass is 487 g/mol. The van der Waals surface area contributed by atoms with Crippen LogP contribution in [0.15, 0.2) is 48.8 Å². The molecule has 3 aliphatic heterocycles. The number of nitrogens with one attached hydrogen (secondary N) is 1. The van der Waals surface area contributed by atoms with E-state index in [-0.39, 0.29) is 17.9 Å². The lowest BCUT2D eigenvalue weighted by Crippen LogP contribution is -2.46. The van der Waals surface area contributed by atoms with E-state index in [4.69, 9.17) is 9.47 Å². The number of hydrogen-bond acceptors (Lipinski definition) is 7. The number of likely N-dealkylation sites (tertiary alicyclic amines) is 1. The second kappa shape index (κ2) is 10.3. The topological polar surface area (TPSA) is 79.8 Å². The molecule has 188 valence electrons. The van der Waals surface area contributed by atoms with Crippen molar-refractivity contribution in [3.05, 3.63) is 54.4 Å².